The number of carbonyl (C=O) groups excluding carboxylic acids is 1. The molecule has 1 saturated heterocycles. The summed E-state index contributed by atoms with van der Waals surface area (Å²) in [5, 5.41) is 10.1. The first-order valence-electron chi connectivity index (χ1n) is 7.36. The number of nitrogens with two attached hydrogens (primary N) is 1. The molecule has 3 rings (SSSR count). The molecular formula is C14H17N5O5. The molecular weight excluding hydrogens is 318 g/mol. The molecule has 2 aromatic rings. The number of allylic oxidation sites excluding steroid dienone is 1. The van der Waals surface area contributed by atoms with Gasteiger partial charge in [-0.3, -0.25) is 14.3 Å². The lowest BCUT2D eigenvalue weighted by Gasteiger charge is -2.15. The molecule has 0 saturated carbocycles. The number of anilines is 1. The van der Waals surface area contributed by atoms with Gasteiger partial charge < -0.3 is 25.1 Å². The Labute approximate surface area is 135 Å². The predicted molar refractivity (Wildman–Crippen MR) is 82.9 cm³/mol. The van der Waals surface area contributed by atoms with Crippen molar-refractivity contribution >= 4 is 23.4 Å². The largest absolute Gasteiger partial charge is 0.499 e. The van der Waals surface area contributed by atoms with Gasteiger partial charge in [0.15, 0.2) is 11.2 Å². The summed E-state index contributed by atoms with van der Waals surface area (Å²) in [5.41, 5.74) is 5.57. The van der Waals surface area contributed by atoms with E-state index in [0.29, 0.717) is 12.1 Å². The molecule has 2 aromatic heterocycles. The third-order valence-electron chi connectivity index (χ3n) is 3.65. The normalized spacial score (nSPS) is 24.0. The Morgan fingerprint density at radius 1 is 1.58 bits per heavy atom. The van der Waals surface area contributed by atoms with E-state index in [0.717, 1.165) is 6.29 Å². The molecule has 0 unspecified atom stereocenters. The maximum Gasteiger partial charge on any atom is 0.280 e. The number of hydrogen-bond acceptors (Lipinski definition) is 8. The highest BCUT2D eigenvalue weighted by atomic mass is 16.6. The number of rotatable bonds is 6. The number of nitrogens with one attached hydrogen (secondary N) is 1. The van der Waals surface area contributed by atoms with E-state index in [2.05, 4.69) is 15.0 Å². The van der Waals surface area contributed by atoms with E-state index in [-0.39, 0.29) is 24.5 Å². The van der Waals surface area contributed by atoms with Crippen molar-refractivity contribution in [2.45, 2.75) is 31.3 Å². The van der Waals surface area contributed by atoms with Gasteiger partial charge in [0, 0.05) is 12.8 Å². The minimum Gasteiger partial charge on any atom is -0.499 e. The van der Waals surface area contributed by atoms with E-state index in [1.165, 1.54) is 12.6 Å². The zero-order valence-electron chi connectivity index (χ0n) is 12.7. The van der Waals surface area contributed by atoms with Crippen molar-refractivity contribution < 1.29 is 19.4 Å². The molecule has 1 aliphatic heterocycles. The smallest absolute Gasteiger partial charge is 0.280 e. The van der Waals surface area contributed by atoms with Crippen molar-refractivity contribution in [3.8, 4) is 0 Å². The Bertz CT molecular complexity index is 813. The van der Waals surface area contributed by atoms with Crippen LogP contribution in [0.4, 0.5) is 5.95 Å². The number of ether oxygens (including phenoxy) is 2. The highest BCUT2D eigenvalue weighted by Crippen LogP contribution is 2.30. The van der Waals surface area contributed by atoms with Crippen LogP contribution in [0, 0.1) is 0 Å². The average molecular weight is 335 g/mol. The van der Waals surface area contributed by atoms with Gasteiger partial charge in [-0.15, -0.1) is 0 Å². The standard InChI is InChI=1S/C14H17N5O5/c15-14-17-12-11(13(22)18-14)16-7-19(12)10-5-8(21)9(24-10)6-23-4-2-1-3-20/h2-4,7-10,21H,1,5-6H2,(H3,15,17,18,22)/t8-,9+,10+/m0/s1. The average Bonchev–Trinajstić information content (AvgIpc) is 3.11. The molecule has 10 nitrogen and oxygen atoms in total. The highest BCUT2D eigenvalue weighted by Gasteiger charge is 2.36. The summed E-state index contributed by atoms with van der Waals surface area (Å²) >= 11 is 0. The molecule has 128 valence electrons. The van der Waals surface area contributed by atoms with Crippen molar-refractivity contribution in [3.05, 3.63) is 29.0 Å². The van der Waals surface area contributed by atoms with Gasteiger partial charge >= 0.3 is 0 Å². The van der Waals surface area contributed by atoms with Crippen molar-refractivity contribution in [2.75, 3.05) is 12.3 Å². The minimum absolute atomic E-state index is 0.0204. The van der Waals surface area contributed by atoms with E-state index < -0.39 is 24.0 Å². The third-order valence-corrected chi connectivity index (χ3v) is 3.65. The topological polar surface area (TPSA) is 145 Å². The third kappa shape index (κ3) is 3.14. The second-order valence-corrected chi connectivity index (χ2v) is 5.31. The number of carbonyl (C=O) groups is 1. The Hall–Kier alpha value is -2.72. The maximum absolute atomic E-state index is 11.8. The number of aliphatic hydroxyl groups excluding tert-OH is 1. The van der Waals surface area contributed by atoms with Crippen molar-refractivity contribution in [1.29, 1.82) is 0 Å². The van der Waals surface area contributed by atoms with E-state index in [4.69, 9.17) is 15.2 Å². The SMILES string of the molecule is Nc1nc2c(ncn2[C@H]2C[C@H](O)[C@@H](COC=CCC=O)O2)c(=O)[nH]1. The first-order valence-corrected chi connectivity index (χ1v) is 7.36. The molecule has 0 aromatic carbocycles. The fourth-order valence-corrected chi connectivity index (χ4v) is 2.52. The van der Waals surface area contributed by atoms with Crippen LogP contribution in [0.3, 0.4) is 0 Å². The number of imidazole rings is 1. The summed E-state index contributed by atoms with van der Waals surface area (Å²) < 4.78 is 12.6. The lowest BCUT2D eigenvalue weighted by molar-refractivity contribution is -0.107. The maximum atomic E-state index is 11.8. The fourth-order valence-electron chi connectivity index (χ4n) is 2.52. The molecule has 3 heterocycles. The van der Waals surface area contributed by atoms with Crippen LogP contribution in [0.25, 0.3) is 11.2 Å². The lowest BCUT2D eigenvalue weighted by Crippen LogP contribution is -2.25. The van der Waals surface area contributed by atoms with Crippen molar-refractivity contribution in [1.82, 2.24) is 19.5 Å². The minimum atomic E-state index is -0.744. The number of H-pyrrole nitrogens is 1. The van der Waals surface area contributed by atoms with Crippen LogP contribution in [0.5, 0.6) is 0 Å². The van der Waals surface area contributed by atoms with E-state index in [1.54, 1.807) is 10.6 Å². The van der Waals surface area contributed by atoms with Crippen LogP contribution in [0.1, 0.15) is 19.1 Å². The van der Waals surface area contributed by atoms with Gasteiger partial charge in [0.25, 0.3) is 5.56 Å². The van der Waals surface area contributed by atoms with Gasteiger partial charge in [-0.25, -0.2) is 4.98 Å². The summed E-state index contributed by atoms with van der Waals surface area (Å²) in [6.45, 7) is 0.135. The van der Waals surface area contributed by atoms with Crippen LogP contribution in [-0.4, -0.2) is 49.7 Å². The van der Waals surface area contributed by atoms with Gasteiger partial charge in [0.1, 0.15) is 25.2 Å². The molecule has 0 bridgehead atoms. The zero-order chi connectivity index (χ0) is 17.1. The van der Waals surface area contributed by atoms with Gasteiger partial charge in [-0.2, -0.15) is 4.98 Å². The number of nitrogens with zero attached hydrogens (tertiary/aromatic N) is 3. The first kappa shape index (κ1) is 16.1. The molecule has 4 N–H and O–H groups in total. The number of fused-ring (bicyclic) bond motifs is 1. The number of nitrogen functional groups attached to an aromatic ring is 1. The van der Waals surface area contributed by atoms with Crippen LogP contribution in [0.15, 0.2) is 23.5 Å². The molecule has 0 amide bonds. The van der Waals surface area contributed by atoms with E-state index >= 15 is 0 Å². The Morgan fingerprint density at radius 3 is 3.21 bits per heavy atom. The van der Waals surface area contributed by atoms with Crippen LogP contribution < -0.4 is 11.3 Å². The zero-order valence-corrected chi connectivity index (χ0v) is 12.7. The summed E-state index contributed by atoms with van der Waals surface area (Å²) in [7, 11) is 0. The number of aromatic amines is 1. The molecule has 0 spiro atoms. The molecule has 0 aliphatic carbocycles. The molecule has 3 atom stereocenters. The summed E-state index contributed by atoms with van der Waals surface area (Å²) in [6.07, 6.45) is 3.87. The summed E-state index contributed by atoms with van der Waals surface area (Å²) in [4.78, 5) is 32.4. The summed E-state index contributed by atoms with van der Waals surface area (Å²) in [5.74, 6) is -0.0204. The van der Waals surface area contributed by atoms with Crippen LogP contribution in [-0.2, 0) is 14.3 Å². The molecule has 1 fully saturated rings. The molecule has 0 radical (unpaired) electrons. The lowest BCUT2D eigenvalue weighted by atomic mass is 10.2. The first-order chi connectivity index (χ1) is 11.6. The second-order valence-electron chi connectivity index (χ2n) is 5.31. The van der Waals surface area contributed by atoms with E-state index in [1.807, 2.05) is 0 Å². The fraction of sp³-hybridized carbons (Fsp3) is 0.429. The van der Waals surface area contributed by atoms with Crippen molar-refractivity contribution in [3.63, 3.8) is 0 Å². The van der Waals surface area contributed by atoms with E-state index in [9.17, 15) is 14.7 Å². The number of aldehydes is 1. The number of hydrogen-bond donors (Lipinski definition) is 3. The van der Waals surface area contributed by atoms with Crippen LogP contribution in [0.2, 0.25) is 0 Å². The van der Waals surface area contributed by atoms with Crippen molar-refractivity contribution in [2.24, 2.45) is 0 Å². The van der Waals surface area contributed by atoms with Gasteiger partial charge in [-0.1, -0.05) is 0 Å². The number of aliphatic hydroxyl groups is 1. The Kier molecular flexibility index (Phi) is 4.58. The Balaban J connectivity index is 1.73. The molecule has 24 heavy (non-hydrogen) atoms. The van der Waals surface area contributed by atoms with Gasteiger partial charge in [0.2, 0.25) is 5.95 Å². The Morgan fingerprint density at radius 2 is 2.42 bits per heavy atom. The van der Waals surface area contributed by atoms with Gasteiger partial charge in [-0.05, 0) is 6.08 Å². The second kappa shape index (κ2) is 6.81. The predicted octanol–water partition coefficient (Wildman–Crippen LogP) is -0.531. The highest BCUT2D eigenvalue weighted by molar-refractivity contribution is 5.70. The quantitative estimate of drug-likeness (QED) is 0.472. The number of aromatic nitrogens is 4. The van der Waals surface area contributed by atoms with Gasteiger partial charge in [0.05, 0.1) is 18.7 Å². The molecule has 10 heteroatoms. The van der Waals surface area contributed by atoms with Crippen LogP contribution >= 0.6 is 0 Å². The summed E-state index contributed by atoms with van der Waals surface area (Å²) in [6, 6.07) is 0. The molecule has 1 aliphatic rings. The monoisotopic (exact) mass is 335 g/mol.